The fraction of sp³-hybridized carbons (Fsp3) is 0.543. The first-order chi connectivity index (χ1) is 23.0. The fourth-order valence-electron chi connectivity index (χ4n) is 7.61. The third kappa shape index (κ3) is 4.76. The molecular formula is C35H39FN6O6. The maximum absolute atomic E-state index is 15.8. The van der Waals surface area contributed by atoms with E-state index in [1.165, 1.54) is 6.07 Å². The monoisotopic (exact) mass is 658 g/mol. The Morgan fingerprint density at radius 3 is 2.42 bits per heavy atom. The average molecular weight is 659 g/mol. The number of likely N-dealkylation sites (tertiary alicyclic amines) is 1. The van der Waals surface area contributed by atoms with E-state index in [2.05, 4.69) is 16.1 Å². The lowest BCUT2D eigenvalue weighted by molar-refractivity contribution is -0.168. The number of ether oxygens (including phenoxy) is 4. The molecule has 4 saturated heterocycles. The lowest BCUT2D eigenvalue weighted by Crippen LogP contribution is -2.50. The molecule has 1 saturated carbocycles. The van der Waals surface area contributed by atoms with Crippen LogP contribution in [0.5, 0.6) is 11.8 Å². The molecule has 2 bridgehead atoms. The largest absolute Gasteiger partial charge is 0.505 e. The molecule has 1 aliphatic carbocycles. The molecule has 5 aliphatic rings. The molecule has 4 atom stereocenters. The molecule has 6 heterocycles. The highest BCUT2D eigenvalue weighted by molar-refractivity contribution is 6.06. The Balaban J connectivity index is 1.19. The molecule has 9 rings (SSSR count). The van der Waals surface area contributed by atoms with Crippen LogP contribution in [0.15, 0.2) is 18.3 Å². The number of hydrogen-bond donors (Lipinski definition) is 1. The summed E-state index contributed by atoms with van der Waals surface area (Å²) in [4.78, 5) is 26.7. The molecule has 5 fully saturated rings. The summed E-state index contributed by atoms with van der Waals surface area (Å²) in [6, 6.07) is 3.65. The molecule has 0 radical (unpaired) electrons. The number of phenolic OH excluding ortho intramolecular Hbond substituents is 1. The van der Waals surface area contributed by atoms with Gasteiger partial charge in [-0.15, -0.1) is 0 Å². The second kappa shape index (κ2) is 10.6. The SMILES string of the molecule is Cc1c(F)cc2c(cnn2C2CCO2)c1-c1c(C2CC2)cc2c(N3C[C@@H]4C[C@H]3CN4C(=O)OC(C)(C)C)nc(OC3CCO3)nc2c1O. The van der Waals surface area contributed by atoms with Crippen molar-refractivity contribution in [3.63, 3.8) is 0 Å². The van der Waals surface area contributed by atoms with Crippen molar-refractivity contribution in [2.45, 2.75) is 95.9 Å². The topological polar surface area (TPSA) is 124 Å². The van der Waals surface area contributed by atoms with Crippen LogP contribution in [0.2, 0.25) is 0 Å². The minimum absolute atomic E-state index is 0.00395. The smallest absolute Gasteiger partial charge is 0.410 e. The van der Waals surface area contributed by atoms with E-state index in [-0.39, 0.29) is 47.9 Å². The van der Waals surface area contributed by atoms with Crippen LogP contribution >= 0.6 is 0 Å². The molecule has 12 nitrogen and oxygen atoms in total. The van der Waals surface area contributed by atoms with Crippen molar-refractivity contribution in [3.05, 3.63) is 35.3 Å². The molecule has 48 heavy (non-hydrogen) atoms. The first-order valence-corrected chi connectivity index (χ1v) is 16.9. The van der Waals surface area contributed by atoms with E-state index in [1.807, 2.05) is 25.7 Å². The summed E-state index contributed by atoms with van der Waals surface area (Å²) in [6.07, 6.45) is 4.93. The standard InChI is InChI=1S/C35H39FN6O6/c1-17-24(36)13-25-23(14-37-42(25)26-7-9-45-26)28(17)29-21(18-5-6-18)12-22-30(31(29)43)38-33(47-27-8-10-46-27)39-32(22)40-15-20-11-19(40)16-41(20)34(44)48-35(2,3)4/h12-14,18-20,26-27,43H,5-11,15-16H2,1-4H3/t19-,20-,26?,27?/m0/s1. The van der Waals surface area contributed by atoms with Crippen LogP contribution in [-0.2, 0) is 14.2 Å². The van der Waals surface area contributed by atoms with Gasteiger partial charge in [-0.05, 0) is 70.1 Å². The number of carbonyl (C=O) groups excluding carboxylic acids is 1. The van der Waals surface area contributed by atoms with Gasteiger partial charge in [0.25, 0.3) is 0 Å². The number of hydrogen-bond acceptors (Lipinski definition) is 10. The van der Waals surface area contributed by atoms with Crippen molar-refractivity contribution < 1.29 is 33.2 Å². The van der Waals surface area contributed by atoms with E-state index in [0.717, 1.165) is 36.6 Å². The van der Waals surface area contributed by atoms with Crippen LogP contribution < -0.4 is 9.64 Å². The number of nitrogens with zero attached hydrogens (tertiary/aromatic N) is 6. The van der Waals surface area contributed by atoms with Crippen molar-refractivity contribution in [2.24, 2.45) is 0 Å². The average Bonchev–Trinajstić information content (AvgIpc) is 3.45. The first kappa shape index (κ1) is 29.9. The highest BCUT2D eigenvalue weighted by Gasteiger charge is 2.48. The molecular weight excluding hydrogens is 619 g/mol. The minimum Gasteiger partial charge on any atom is -0.505 e. The molecule has 0 spiro atoms. The zero-order valence-corrected chi connectivity index (χ0v) is 27.5. The Morgan fingerprint density at radius 1 is 1.02 bits per heavy atom. The van der Waals surface area contributed by atoms with Gasteiger partial charge in [-0.25, -0.2) is 13.9 Å². The Kier molecular flexibility index (Phi) is 6.62. The number of fused-ring (bicyclic) bond motifs is 4. The molecule has 252 valence electrons. The fourth-order valence-corrected chi connectivity index (χ4v) is 7.61. The second-order valence-corrected chi connectivity index (χ2v) is 14.7. The maximum atomic E-state index is 15.8. The first-order valence-electron chi connectivity index (χ1n) is 16.9. The Morgan fingerprint density at radius 2 is 1.79 bits per heavy atom. The molecule has 2 aromatic carbocycles. The number of aromatic hydroxyl groups is 1. The summed E-state index contributed by atoms with van der Waals surface area (Å²) < 4.78 is 40.5. The number of phenols is 1. The van der Waals surface area contributed by atoms with Gasteiger partial charge in [-0.3, -0.25) is 0 Å². The molecule has 1 N–H and O–H groups in total. The van der Waals surface area contributed by atoms with Crippen LogP contribution in [0.1, 0.15) is 76.1 Å². The van der Waals surface area contributed by atoms with Gasteiger partial charge in [0, 0.05) is 53.9 Å². The normalized spacial score (nSPS) is 25.1. The number of carbonyl (C=O) groups is 1. The van der Waals surface area contributed by atoms with Crippen LogP contribution in [0, 0.1) is 12.7 Å². The number of amides is 1. The third-order valence-electron chi connectivity index (χ3n) is 10.3. The van der Waals surface area contributed by atoms with E-state index in [1.54, 1.807) is 17.8 Å². The van der Waals surface area contributed by atoms with Gasteiger partial charge in [0.1, 0.15) is 28.5 Å². The van der Waals surface area contributed by atoms with Crippen molar-refractivity contribution >= 4 is 33.7 Å². The van der Waals surface area contributed by atoms with Crippen LogP contribution in [-0.4, -0.2) is 86.1 Å². The summed E-state index contributed by atoms with van der Waals surface area (Å²) >= 11 is 0. The Hall–Kier alpha value is -4.23. The summed E-state index contributed by atoms with van der Waals surface area (Å²) in [5.74, 6) is 0.421. The molecule has 13 heteroatoms. The highest BCUT2D eigenvalue weighted by atomic mass is 19.1. The summed E-state index contributed by atoms with van der Waals surface area (Å²) in [7, 11) is 0. The van der Waals surface area contributed by atoms with E-state index < -0.39 is 11.9 Å². The summed E-state index contributed by atoms with van der Waals surface area (Å²) in [5, 5.41) is 18.4. The minimum atomic E-state index is -0.582. The molecule has 4 aromatic rings. The van der Waals surface area contributed by atoms with Gasteiger partial charge >= 0.3 is 12.1 Å². The molecule has 1 amide bonds. The zero-order valence-electron chi connectivity index (χ0n) is 27.5. The number of benzene rings is 2. The molecule has 2 unspecified atom stereocenters. The van der Waals surface area contributed by atoms with Gasteiger partial charge < -0.3 is 33.9 Å². The van der Waals surface area contributed by atoms with Gasteiger partial charge in [0.05, 0.1) is 37.0 Å². The van der Waals surface area contributed by atoms with E-state index >= 15 is 4.39 Å². The van der Waals surface area contributed by atoms with E-state index in [0.29, 0.717) is 71.7 Å². The number of aromatic nitrogens is 4. The molecule has 4 aliphatic heterocycles. The van der Waals surface area contributed by atoms with Crippen molar-refractivity contribution in [1.82, 2.24) is 24.6 Å². The van der Waals surface area contributed by atoms with Gasteiger partial charge in [-0.1, -0.05) is 0 Å². The highest BCUT2D eigenvalue weighted by Crippen LogP contribution is 2.53. The quantitative estimate of drug-likeness (QED) is 0.267. The zero-order chi connectivity index (χ0) is 33.1. The summed E-state index contributed by atoms with van der Waals surface area (Å²) in [5.41, 5.74) is 2.90. The number of rotatable bonds is 6. The third-order valence-corrected chi connectivity index (χ3v) is 10.3. The maximum Gasteiger partial charge on any atom is 0.410 e. The predicted molar refractivity (Wildman–Crippen MR) is 174 cm³/mol. The second-order valence-electron chi connectivity index (χ2n) is 14.7. The van der Waals surface area contributed by atoms with E-state index in [9.17, 15) is 9.90 Å². The van der Waals surface area contributed by atoms with E-state index in [4.69, 9.17) is 28.9 Å². The number of piperazine rings is 1. The van der Waals surface area contributed by atoms with Crippen LogP contribution in [0.3, 0.4) is 0 Å². The predicted octanol–water partition coefficient (Wildman–Crippen LogP) is 5.92. The summed E-state index contributed by atoms with van der Waals surface area (Å²) in [6.45, 7) is 9.65. The van der Waals surface area contributed by atoms with Crippen LogP contribution in [0.4, 0.5) is 15.0 Å². The lowest BCUT2D eigenvalue weighted by Gasteiger charge is -2.36. The van der Waals surface area contributed by atoms with Crippen molar-refractivity contribution in [3.8, 4) is 22.9 Å². The Bertz CT molecular complexity index is 1980. The molecule has 2 aromatic heterocycles. The van der Waals surface area contributed by atoms with Gasteiger partial charge in [0.15, 0.2) is 6.23 Å². The number of halogens is 1. The van der Waals surface area contributed by atoms with Crippen molar-refractivity contribution in [2.75, 3.05) is 31.2 Å². The van der Waals surface area contributed by atoms with Crippen LogP contribution in [0.25, 0.3) is 32.9 Å². The van der Waals surface area contributed by atoms with Crippen molar-refractivity contribution in [1.29, 1.82) is 0 Å². The Labute approximate surface area is 276 Å². The lowest BCUT2D eigenvalue weighted by atomic mass is 9.88. The van der Waals surface area contributed by atoms with Gasteiger partial charge in [-0.2, -0.15) is 15.1 Å². The number of anilines is 1. The van der Waals surface area contributed by atoms with Gasteiger partial charge in [0.2, 0.25) is 6.29 Å².